The van der Waals surface area contributed by atoms with E-state index < -0.39 is 35.8 Å². The Bertz CT molecular complexity index is 1470. The van der Waals surface area contributed by atoms with Gasteiger partial charge in [-0.2, -0.15) is 0 Å². The Morgan fingerprint density at radius 2 is 1.54 bits per heavy atom. The zero-order valence-electron chi connectivity index (χ0n) is 31.6. The Balaban J connectivity index is 1.74. The van der Waals surface area contributed by atoms with Gasteiger partial charge in [0.2, 0.25) is 17.7 Å². The van der Waals surface area contributed by atoms with E-state index in [9.17, 15) is 28.8 Å². The maximum atomic E-state index is 13.8. The van der Waals surface area contributed by atoms with Crippen LogP contribution in [0, 0.1) is 11.8 Å². The molecule has 1 saturated heterocycles. The number of ketones is 2. The average Bonchev–Trinajstić information content (AvgIpc) is 3.15. The molecule has 10 nitrogen and oxygen atoms in total. The molecule has 0 aromatic heterocycles. The minimum atomic E-state index is -0.934. The molecule has 4 atom stereocenters. The molecule has 3 rings (SSSR count). The molecule has 1 aliphatic rings. The predicted octanol–water partition coefficient (Wildman–Crippen LogP) is 6.67. The first-order chi connectivity index (χ1) is 25.1. The van der Waals surface area contributed by atoms with Crippen molar-refractivity contribution in [2.75, 3.05) is 13.7 Å². The van der Waals surface area contributed by atoms with Crippen LogP contribution in [-0.2, 0) is 35.1 Å². The van der Waals surface area contributed by atoms with Crippen molar-refractivity contribution in [3.05, 3.63) is 59.7 Å². The number of rotatable bonds is 14. The van der Waals surface area contributed by atoms with Gasteiger partial charge in [0.15, 0.2) is 11.6 Å². The Labute approximate surface area is 309 Å². The van der Waals surface area contributed by atoms with Crippen LogP contribution < -0.4 is 16.0 Å². The van der Waals surface area contributed by atoms with Crippen molar-refractivity contribution in [1.82, 2.24) is 16.0 Å². The fourth-order valence-corrected chi connectivity index (χ4v) is 6.50. The van der Waals surface area contributed by atoms with Gasteiger partial charge in [0.05, 0.1) is 13.2 Å². The highest BCUT2D eigenvalue weighted by atomic mass is 16.5. The summed E-state index contributed by atoms with van der Waals surface area (Å²) in [6.45, 7) is 6.27. The highest BCUT2D eigenvalue weighted by Crippen LogP contribution is 2.24. The minimum Gasteiger partial charge on any atom is -0.467 e. The number of amides is 3. The summed E-state index contributed by atoms with van der Waals surface area (Å²) in [6.07, 6.45) is 8.59. The molecule has 52 heavy (non-hydrogen) atoms. The quantitative estimate of drug-likeness (QED) is 0.112. The van der Waals surface area contributed by atoms with Crippen LogP contribution in [0.15, 0.2) is 48.5 Å². The van der Waals surface area contributed by atoms with Gasteiger partial charge in [0.1, 0.15) is 6.04 Å². The number of unbranched alkanes of at least 4 members (excludes halogenated alkanes) is 3. The van der Waals surface area contributed by atoms with Crippen molar-refractivity contribution in [3.8, 4) is 11.1 Å². The van der Waals surface area contributed by atoms with E-state index in [1.807, 2.05) is 12.1 Å². The molecule has 2 aromatic rings. The third-order valence-electron chi connectivity index (χ3n) is 9.87. The molecule has 1 aliphatic heterocycles. The lowest BCUT2D eigenvalue weighted by Gasteiger charge is -2.24. The lowest BCUT2D eigenvalue weighted by Crippen LogP contribution is -2.47. The zero-order chi connectivity index (χ0) is 37.9. The van der Waals surface area contributed by atoms with Crippen molar-refractivity contribution < 1.29 is 33.5 Å². The topological polar surface area (TPSA) is 148 Å². The van der Waals surface area contributed by atoms with E-state index in [4.69, 9.17) is 4.74 Å². The summed E-state index contributed by atoms with van der Waals surface area (Å²) in [4.78, 5) is 78.9. The Morgan fingerprint density at radius 3 is 2.19 bits per heavy atom. The molecule has 0 spiro atoms. The summed E-state index contributed by atoms with van der Waals surface area (Å²) >= 11 is 0. The highest BCUT2D eigenvalue weighted by Gasteiger charge is 2.31. The number of hydrogen-bond donors (Lipinski definition) is 3. The first kappa shape index (κ1) is 42.1. The second-order valence-electron chi connectivity index (χ2n) is 14.2. The summed E-state index contributed by atoms with van der Waals surface area (Å²) in [5.41, 5.74) is 3.90. The van der Waals surface area contributed by atoms with Gasteiger partial charge in [-0.1, -0.05) is 95.0 Å². The van der Waals surface area contributed by atoms with Crippen molar-refractivity contribution >= 4 is 35.3 Å². The molecule has 3 N–H and O–H groups in total. The second-order valence-corrected chi connectivity index (χ2v) is 14.2. The molecule has 0 bridgehead atoms. The van der Waals surface area contributed by atoms with E-state index in [0.717, 1.165) is 49.7 Å². The minimum absolute atomic E-state index is 0.00192. The molecule has 0 saturated carbocycles. The first-order valence-electron chi connectivity index (χ1n) is 19.3. The summed E-state index contributed by atoms with van der Waals surface area (Å²) in [5.74, 6) is -3.47. The van der Waals surface area contributed by atoms with E-state index in [-0.39, 0.29) is 49.1 Å². The lowest BCUT2D eigenvalue weighted by atomic mass is 9.90. The van der Waals surface area contributed by atoms with Crippen LogP contribution >= 0.6 is 0 Å². The first-order valence-corrected chi connectivity index (χ1v) is 19.3. The van der Waals surface area contributed by atoms with Gasteiger partial charge >= 0.3 is 5.97 Å². The maximum Gasteiger partial charge on any atom is 0.328 e. The van der Waals surface area contributed by atoms with Crippen LogP contribution in [0.4, 0.5) is 0 Å². The Morgan fingerprint density at radius 1 is 0.865 bits per heavy atom. The molecule has 2 aromatic carbocycles. The fourth-order valence-electron chi connectivity index (χ4n) is 6.50. The average molecular weight is 718 g/mol. The number of nitrogens with one attached hydrogen (secondary N) is 3. The summed E-state index contributed by atoms with van der Waals surface area (Å²) in [7, 11) is 1.25. The largest absolute Gasteiger partial charge is 0.467 e. The molecule has 1 heterocycles. The van der Waals surface area contributed by atoms with E-state index in [1.165, 1.54) is 12.7 Å². The number of benzene rings is 2. The normalized spacial score (nSPS) is 19.9. The van der Waals surface area contributed by atoms with Crippen LogP contribution in [-0.4, -0.2) is 61.0 Å². The number of hydrogen-bond acceptors (Lipinski definition) is 7. The van der Waals surface area contributed by atoms with E-state index >= 15 is 0 Å². The highest BCUT2D eigenvalue weighted by molar-refractivity contribution is 6.00. The number of aryl methyl sites for hydroxylation is 1. The standard InChI is InChI=1S/C42H59N3O7/c1-5-7-9-14-34(28-37(46)33-24-22-32(23-25-33)31-20-18-30(19-21-31)13-8-6-2)41(50)44-35-16-12-17-39(48)43-26-11-10-15-36(42(51)52-4)45-40(49)29(3)27-38(35)47/h18-25,29,34-36H,5-17,26-28H2,1-4H3,(H,43,48)(H,44,50)(H,45,49)/t29-,34-,35+,36+/m1/s1. The van der Waals surface area contributed by atoms with Crippen LogP contribution in [0.5, 0.6) is 0 Å². The molecular weight excluding hydrogens is 658 g/mol. The molecule has 0 radical (unpaired) electrons. The molecule has 0 aliphatic carbocycles. The lowest BCUT2D eigenvalue weighted by molar-refractivity contribution is -0.146. The molecule has 1 fully saturated rings. The number of Topliss-reactive ketones (excluding diaryl/α,β-unsaturated/α-hetero) is 2. The molecule has 0 unspecified atom stereocenters. The van der Waals surface area contributed by atoms with Crippen LogP contribution in [0.3, 0.4) is 0 Å². The number of methoxy groups -OCH3 is 1. The van der Waals surface area contributed by atoms with Crippen LogP contribution in [0.25, 0.3) is 11.1 Å². The van der Waals surface area contributed by atoms with Gasteiger partial charge in [-0.15, -0.1) is 0 Å². The summed E-state index contributed by atoms with van der Waals surface area (Å²) in [5, 5.41) is 8.48. The Hall–Kier alpha value is -4.34. The van der Waals surface area contributed by atoms with E-state index in [1.54, 1.807) is 19.1 Å². The number of ether oxygens (including phenoxy) is 1. The van der Waals surface area contributed by atoms with Crippen LogP contribution in [0.2, 0.25) is 0 Å². The second kappa shape index (κ2) is 22.6. The van der Waals surface area contributed by atoms with Gasteiger partial charge in [0, 0.05) is 43.2 Å². The number of carbonyl (C=O) groups excluding carboxylic acids is 6. The van der Waals surface area contributed by atoms with Crippen molar-refractivity contribution in [2.24, 2.45) is 11.8 Å². The third-order valence-corrected chi connectivity index (χ3v) is 9.87. The SMILES string of the molecule is CCCCC[C@H](CC(=O)c1ccc(-c2ccc(CCCC)cc2)cc1)C(=O)N[C@H]1CCCC(=O)NCCCC[C@@H](C(=O)OC)NC(=O)[C@H](C)CC1=O. The van der Waals surface area contributed by atoms with Gasteiger partial charge in [-0.05, 0) is 68.1 Å². The van der Waals surface area contributed by atoms with E-state index in [2.05, 4.69) is 54.1 Å². The summed E-state index contributed by atoms with van der Waals surface area (Å²) < 4.78 is 4.87. The summed E-state index contributed by atoms with van der Waals surface area (Å²) in [6, 6.07) is 14.2. The monoisotopic (exact) mass is 717 g/mol. The van der Waals surface area contributed by atoms with E-state index in [0.29, 0.717) is 44.2 Å². The maximum absolute atomic E-state index is 13.8. The number of esters is 1. The fraction of sp³-hybridized carbons (Fsp3) is 0.571. The Kier molecular flexibility index (Phi) is 18.3. The van der Waals surface area contributed by atoms with Crippen molar-refractivity contribution in [2.45, 2.75) is 129 Å². The van der Waals surface area contributed by atoms with Crippen LogP contribution in [0.1, 0.15) is 127 Å². The third kappa shape index (κ3) is 14.0. The van der Waals surface area contributed by atoms with Gasteiger partial charge in [-0.3, -0.25) is 24.0 Å². The predicted molar refractivity (Wildman–Crippen MR) is 202 cm³/mol. The molecule has 3 amide bonds. The van der Waals surface area contributed by atoms with Gasteiger partial charge in [-0.25, -0.2) is 4.79 Å². The van der Waals surface area contributed by atoms with Crippen molar-refractivity contribution in [3.63, 3.8) is 0 Å². The van der Waals surface area contributed by atoms with Crippen molar-refractivity contribution in [1.29, 1.82) is 0 Å². The zero-order valence-corrected chi connectivity index (χ0v) is 31.6. The van der Waals surface area contributed by atoms with Gasteiger partial charge in [0.25, 0.3) is 0 Å². The molecule has 284 valence electrons. The number of carbonyl (C=O) groups is 6. The molecule has 10 heteroatoms. The smallest absolute Gasteiger partial charge is 0.328 e. The van der Waals surface area contributed by atoms with Gasteiger partial charge < -0.3 is 20.7 Å². The molecular formula is C42H59N3O7.